The van der Waals surface area contributed by atoms with E-state index in [1.165, 1.54) is 0 Å². The lowest BCUT2D eigenvalue weighted by Gasteiger charge is -2.37. The molecular formula is C16H24N4O. The third-order valence-corrected chi connectivity index (χ3v) is 4.57. The van der Waals surface area contributed by atoms with Crippen molar-refractivity contribution in [3.05, 3.63) is 29.8 Å². The zero-order valence-electron chi connectivity index (χ0n) is 12.7. The van der Waals surface area contributed by atoms with Crippen LogP contribution in [-0.4, -0.2) is 62.0 Å². The molecule has 1 atom stereocenters. The second-order valence-corrected chi connectivity index (χ2v) is 6.06. The summed E-state index contributed by atoms with van der Waals surface area (Å²) in [5.41, 5.74) is 8.46. The maximum atomic E-state index is 12.5. The molecule has 3 rings (SSSR count). The van der Waals surface area contributed by atoms with Crippen molar-refractivity contribution in [3.8, 4) is 0 Å². The quantitative estimate of drug-likeness (QED) is 0.869. The number of nitrogens with two attached hydrogens (primary N) is 1. The van der Waals surface area contributed by atoms with Gasteiger partial charge in [-0.25, -0.2) is 0 Å². The minimum Gasteiger partial charge on any atom is -0.362 e. The second kappa shape index (κ2) is 6.03. The Bertz CT molecular complexity index is 511. The van der Waals surface area contributed by atoms with Crippen molar-refractivity contribution < 1.29 is 4.79 Å². The molecule has 0 radical (unpaired) electrons. The molecular weight excluding hydrogens is 264 g/mol. The van der Waals surface area contributed by atoms with E-state index in [-0.39, 0.29) is 11.9 Å². The Morgan fingerprint density at radius 1 is 1.19 bits per heavy atom. The number of carbonyl (C=O) groups is 1. The van der Waals surface area contributed by atoms with E-state index in [0.717, 1.165) is 50.4 Å². The summed E-state index contributed by atoms with van der Waals surface area (Å²) in [4.78, 5) is 18.9. The van der Waals surface area contributed by atoms with Gasteiger partial charge in [0.1, 0.15) is 0 Å². The van der Waals surface area contributed by atoms with Crippen molar-refractivity contribution >= 4 is 11.6 Å². The Balaban J connectivity index is 1.68. The maximum absolute atomic E-state index is 12.5. The first-order valence-corrected chi connectivity index (χ1v) is 7.71. The predicted molar refractivity (Wildman–Crippen MR) is 84.3 cm³/mol. The summed E-state index contributed by atoms with van der Waals surface area (Å²) >= 11 is 0. The number of likely N-dealkylation sites (N-methyl/N-ethyl adjacent to an activating group) is 1. The Morgan fingerprint density at radius 3 is 2.67 bits per heavy atom. The van der Waals surface area contributed by atoms with Gasteiger partial charge in [0.15, 0.2) is 0 Å². The maximum Gasteiger partial charge on any atom is 0.242 e. The Kier molecular flexibility index (Phi) is 4.12. The summed E-state index contributed by atoms with van der Waals surface area (Å²) in [6.45, 7) is 4.93. The molecule has 1 saturated heterocycles. The van der Waals surface area contributed by atoms with Crippen molar-refractivity contribution in [3.63, 3.8) is 0 Å². The van der Waals surface area contributed by atoms with Crippen LogP contribution in [0.2, 0.25) is 0 Å². The van der Waals surface area contributed by atoms with Crippen molar-refractivity contribution in [2.24, 2.45) is 5.73 Å². The molecule has 2 heterocycles. The molecule has 1 aromatic carbocycles. The van der Waals surface area contributed by atoms with Gasteiger partial charge in [-0.2, -0.15) is 0 Å². The van der Waals surface area contributed by atoms with Crippen LogP contribution in [0.25, 0.3) is 0 Å². The lowest BCUT2D eigenvalue weighted by Crippen LogP contribution is -2.50. The number of nitrogens with zero attached hydrogens (tertiary/aromatic N) is 3. The number of amides is 1. The second-order valence-electron chi connectivity index (χ2n) is 6.06. The van der Waals surface area contributed by atoms with Crippen LogP contribution < -0.4 is 10.6 Å². The molecule has 1 fully saturated rings. The van der Waals surface area contributed by atoms with Crippen molar-refractivity contribution in [2.75, 3.05) is 51.2 Å². The lowest BCUT2D eigenvalue weighted by atomic mass is 9.97. The topological polar surface area (TPSA) is 52.8 Å². The number of hydrogen-bond donors (Lipinski definition) is 1. The first-order valence-electron chi connectivity index (χ1n) is 7.71. The summed E-state index contributed by atoms with van der Waals surface area (Å²) in [7, 11) is 2.10. The molecule has 0 saturated carbocycles. The van der Waals surface area contributed by atoms with E-state index in [9.17, 15) is 4.79 Å². The molecule has 5 heteroatoms. The summed E-state index contributed by atoms with van der Waals surface area (Å²) < 4.78 is 0. The number of benzene rings is 1. The van der Waals surface area contributed by atoms with Crippen molar-refractivity contribution in [1.82, 2.24) is 9.80 Å². The number of fused-ring (bicyclic) bond motifs is 1. The van der Waals surface area contributed by atoms with Crippen LogP contribution in [0.3, 0.4) is 0 Å². The van der Waals surface area contributed by atoms with Crippen LogP contribution in [-0.2, 0) is 4.79 Å². The van der Waals surface area contributed by atoms with Crippen LogP contribution in [0, 0.1) is 0 Å². The highest BCUT2D eigenvalue weighted by Gasteiger charge is 2.26. The molecule has 2 aliphatic rings. The van der Waals surface area contributed by atoms with Crippen LogP contribution >= 0.6 is 0 Å². The highest BCUT2D eigenvalue weighted by molar-refractivity contribution is 5.82. The summed E-state index contributed by atoms with van der Waals surface area (Å²) in [5.74, 6) is 0.230. The monoisotopic (exact) mass is 288 g/mol. The zero-order chi connectivity index (χ0) is 14.8. The number of rotatable bonds is 2. The number of anilines is 1. The molecule has 114 valence electrons. The van der Waals surface area contributed by atoms with Crippen LogP contribution in [0.5, 0.6) is 0 Å². The van der Waals surface area contributed by atoms with Gasteiger partial charge >= 0.3 is 0 Å². The number of para-hydroxylation sites is 1. The van der Waals surface area contributed by atoms with Gasteiger partial charge < -0.3 is 20.4 Å². The lowest BCUT2D eigenvalue weighted by molar-refractivity contribution is -0.131. The van der Waals surface area contributed by atoms with Crippen LogP contribution in [0.4, 0.5) is 5.69 Å². The van der Waals surface area contributed by atoms with Gasteiger partial charge in [0.25, 0.3) is 0 Å². The molecule has 2 aliphatic heterocycles. The third kappa shape index (κ3) is 3.04. The van der Waals surface area contributed by atoms with Crippen LogP contribution in [0.1, 0.15) is 18.0 Å². The van der Waals surface area contributed by atoms with Gasteiger partial charge in [0.2, 0.25) is 5.91 Å². The summed E-state index contributed by atoms with van der Waals surface area (Å²) in [6.07, 6.45) is 0.910. The number of carbonyl (C=O) groups excluding carboxylic acids is 1. The average Bonchev–Trinajstić information content (AvgIpc) is 2.51. The van der Waals surface area contributed by atoms with E-state index in [0.29, 0.717) is 6.54 Å². The van der Waals surface area contributed by atoms with Crippen molar-refractivity contribution in [2.45, 2.75) is 12.5 Å². The fraction of sp³-hybridized carbons (Fsp3) is 0.562. The van der Waals surface area contributed by atoms with E-state index < -0.39 is 0 Å². The van der Waals surface area contributed by atoms with Gasteiger partial charge in [0.05, 0.1) is 6.54 Å². The van der Waals surface area contributed by atoms with Gasteiger partial charge in [-0.1, -0.05) is 18.2 Å². The Hall–Kier alpha value is -1.59. The molecule has 5 nitrogen and oxygen atoms in total. The van der Waals surface area contributed by atoms with E-state index in [1.54, 1.807) is 0 Å². The molecule has 1 aromatic rings. The predicted octanol–water partition coefficient (Wildman–Crippen LogP) is 0.671. The largest absolute Gasteiger partial charge is 0.362 e. The molecule has 2 N–H and O–H groups in total. The van der Waals surface area contributed by atoms with Crippen molar-refractivity contribution in [1.29, 1.82) is 0 Å². The smallest absolute Gasteiger partial charge is 0.242 e. The first kappa shape index (κ1) is 14.4. The highest BCUT2D eigenvalue weighted by Crippen LogP contribution is 2.31. The number of hydrogen-bond acceptors (Lipinski definition) is 4. The molecule has 21 heavy (non-hydrogen) atoms. The molecule has 1 unspecified atom stereocenters. The SMILES string of the molecule is CN1CCN(C(=O)CN2CCC(N)c3ccccc32)CC1. The zero-order valence-corrected chi connectivity index (χ0v) is 12.7. The van der Waals surface area contributed by atoms with Gasteiger partial charge in [-0.3, -0.25) is 4.79 Å². The van der Waals surface area contributed by atoms with E-state index >= 15 is 0 Å². The van der Waals surface area contributed by atoms with E-state index in [2.05, 4.69) is 29.0 Å². The average molecular weight is 288 g/mol. The third-order valence-electron chi connectivity index (χ3n) is 4.57. The first-order chi connectivity index (χ1) is 10.1. The normalized spacial score (nSPS) is 23.0. The standard InChI is InChI=1S/C16H24N4O/c1-18-8-10-19(11-9-18)16(21)12-20-7-6-14(17)13-4-2-3-5-15(13)20/h2-5,14H,6-12,17H2,1H3. The highest BCUT2D eigenvalue weighted by atomic mass is 16.2. The molecule has 1 amide bonds. The molecule has 0 aromatic heterocycles. The fourth-order valence-corrected chi connectivity index (χ4v) is 3.14. The summed E-state index contributed by atoms with van der Waals surface area (Å²) in [5, 5.41) is 0. The Morgan fingerprint density at radius 2 is 1.90 bits per heavy atom. The van der Waals surface area contributed by atoms with E-state index in [1.807, 2.05) is 17.0 Å². The van der Waals surface area contributed by atoms with Gasteiger partial charge in [0, 0.05) is 44.5 Å². The molecule has 0 spiro atoms. The molecule has 0 aliphatic carbocycles. The van der Waals surface area contributed by atoms with Gasteiger partial charge in [-0.15, -0.1) is 0 Å². The molecule has 0 bridgehead atoms. The van der Waals surface area contributed by atoms with Gasteiger partial charge in [-0.05, 0) is 25.1 Å². The Labute approximate surface area is 126 Å². The number of piperazine rings is 1. The minimum absolute atomic E-state index is 0.0937. The van der Waals surface area contributed by atoms with E-state index in [4.69, 9.17) is 5.73 Å². The fourth-order valence-electron chi connectivity index (χ4n) is 3.14. The van der Waals surface area contributed by atoms with Crippen LogP contribution in [0.15, 0.2) is 24.3 Å². The minimum atomic E-state index is 0.0937. The summed E-state index contributed by atoms with van der Waals surface area (Å²) in [6, 6.07) is 8.28.